The van der Waals surface area contributed by atoms with Crippen LogP contribution >= 0.6 is 0 Å². The van der Waals surface area contributed by atoms with Crippen LogP contribution in [-0.2, 0) is 10.8 Å². The highest BCUT2D eigenvalue weighted by Gasteiger charge is 2.24. The maximum Gasteiger partial charge on any atom is 0.0541 e. The van der Waals surface area contributed by atoms with E-state index >= 15 is 0 Å². The van der Waals surface area contributed by atoms with Crippen LogP contribution in [-0.4, -0.2) is 4.57 Å². The molecular formula is C60H50N2. The van der Waals surface area contributed by atoms with Crippen molar-refractivity contribution in [2.24, 2.45) is 0 Å². The minimum Gasteiger partial charge on any atom is -0.310 e. The molecule has 0 aliphatic rings. The Morgan fingerprint density at radius 3 is 1.52 bits per heavy atom. The van der Waals surface area contributed by atoms with E-state index in [1.165, 1.54) is 93.2 Å². The maximum absolute atomic E-state index is 2.50. The molecule has 0 fully saturated rings. The third kappa shape index (κ3) is 6.24. The Labute approximate surface area is 364 Å². The number of hydrogen-bond donors (Lipinski definition) is 0. The number of para-hydroxylation sites is 2. The number of hydrogen-bond acceptors (Lipinski definition) is 1. The first-order chi connectivity index (χ1) is 30.0. The molecule has 0 aliphatic heterocycles. The van der Waals surface area contributed by atoms with Crippen LogP contribution in [0.15, 0.2) is 194 Å². The highest BCUT2D eigenvalue weighted by Crippen LogP contribution is 2.47. The van der Waals surface area contributed by atoms with Crippen molar-refractivity contribution in [3.05, 3.63) is 205 Å². The molecule has 0 N–H and O–H groups in total. The monoisotopic (exact) mass is 798 g/mol. The van der Waals surface area contributed by atoms with Crippen molar-refractivity contribution in [2.45, 2.75) is 52.4 Å². The van der Waals surface area contributed by atoms with E-state index in [0.29, 0.717) is 0 Å². The summed E-state index contributed by atoms with van der Waals surface area (Å²) in [6, 6.07) is 72.5. The molecule has 0 spiro atoms. The van der Waals surface area contributed by atoms with Gasteiger partial charge in [-0.25, -0.2) is 0 Å². The molecule has 0 saturated heterocycles. The van der Waals surface area contributed by atoms with Gasteiger partial charge in [0.25, 0.3) is 0 Å². The zero-order valence-electron chi connectivity index (χ0n) is 36.4. The smallest absolute Gasteiger partial charge is 0.0541 e. The maximum atomic E-state index is 2.50. The van der Waals surface area contributed by atoms with Gasteiger partial charge in [0.15, 0.2) is 0 Å². The van der Waals surface area contributed by atoms with Crippen LogP contribution in [0.1, 0.15) is 52.7 Å². The second kappa shape index (κ2) is 14.2. The minimum absolute atomic E-state index is 0.0786. The predicted molar refractivity (Wildman–Crippen MR) is 267 cm³/mol. The molecule has 1 heterocycles. The van der Waals surface area contributed by atoms with Gasteiger partial charge < -0.3 is 9.47 Å². The summed E-state index contributed by atoms with van der Waals surface area (Å²) in [6.45, 7) is 13.8. The molecule has 0 saturated carbocycles. The van der Waals surface area contributed by atoms with Crippen molar-refractivity contribution < 1.29 is 0 Å². The number of aromatic nitrogens is 1. The summed E-state index contributed by atoms with van der Waals surface area (Å²) >= 11 is 0. The molecule has 11 rings (SSSR count). The molecule has 11 aromatic rings. The molecule has 0 radical (unpaired) electrons. The number of rotatable bonds is 6. The van der Waals surface area contributed by atoms with Crippen molar-refractivity contribution in [1.82, 2.24) is 4.57 Å². The number of benzene rings is 10. The largest absolute Gasteiger partial charge is 0.310 e. The summed E-state index contributed by atoms with van der Waals surface area (Å²) in [5.41, 5.74) is 14.5. The molecule has 1 aromatic heterocycles. The molecule has 0 amide bonds. The van der Waals surface area contributed by atoms with E-state index in [1.807, 2.05) is 0 Å². The summed E-state index contributed by atoms with van der Waals surface area (Å²) in [5.74, 6) is 0. The van der Waals surface area contributed by atoms with Crippen molar-refractivity contribution in [3.63, 3.8) is 0 Å². The normalized spacial score (nSPS) is 12.4. The fraction of sp³-hybridized carbons (Fsp3) is 0.133. The van der Waals surface area contributed by atoms with Gasteiger partial charge in [-0.05, 0) is 114 Å². The van der Waals surface area contributed by atoms with Gasteiger partial charge in [-0.3, -0.25) is 0 Å². The van der Waals surface area contributed by atoms with Gasteiger partial charge in [0.05, 0.1) is 22.4 Å². The van der Waals surface area contributed by atoms with Crippen molar-refractivity contribution >= 4 is 71.2 Å². The average molecular weight is 799 g/mol. The topological polar surface area (TPSA) is 8.17 Å². The first-order valence-corrected chi connectivity index (χ1v) is 21.9. The SMILES string of the molecule is CC(C)(C)c1ccc(-c2cc(N(c3ccc(-c4ccccc4)cc3)c3ccc4ccc5c(-n6c7ccccc7c7ccccc76)ccc6ccc3c4c65)cc(C(C)(C)C)c2)cc1. The minimum atomic E-state index is -0.0786. The molecule has 2 heteroatoms. The molecule has 0 atom stereocenters. The van der Waals surface area contributed by atoms with Gasteiger partial charge in [0, 0.05) is 32.9 Å². The summed E-state index contributed by atoms with van der Waals surface area (Å²) < 4.78 is 2.46. The summed E-state index contributed by atoms with van der Waals surface area (Å²) in [4.78, 5) is 2.50. The van der Waals surface area contributed by atoms with Crippen molar-refractivity contribution in [2.75, 3.05) is 4.90 Å². The molecular weight excluding hydrogens is 749 g/mol. The number of nitrogens with zero attached hydrogens (tertiary/aromatic N) is 2. The lowest BCUT2D eigenvalue weighted by Crippen LogP contribution is -2.15. The highest BCUT2D eigenvalue weighted by molar-refractivity contribution is 6.27. The highest BCUT2D eigenvalue weighted by atomic mass is 15.1. The molecule has 300 valence electrons. The Hall–Kier alpha value is -7.16. The number of anilines is 3. The van der Waals surface area contributed by atoms with Gasteiger partial charge in [0.2, 0.25) is 0 Å². The Morgan fingerprint density at radius 1 is 0.355 bits per heavy atom. The second-order valence-corrected chi connectivity index (χ2v) is 19.1. The van der Waals surface area contributed by atoms with Gasteiger partial charge in [-0.2, -0.15) is 0 Å². The first-order valence-electron chi connectivity index (χ1n) is 21.9. The molecule has 0 aliphatic carbocycles. The van der Waals surface area contributed by atoms with E-state index in [0.717, 1.165) is 17.1 Å². The lowest BCUT2D eigenvalue weighted by molar-refractivity contribution is 0.590. The van der Waals surface area contributed by atoms with Crippen LogP contribution in [0.2, 0.25) is 0 Å². The summed E-state index contributed by atoms with van der Waals surface area (Å²) in [7, 11) is 0. The lowest BCUT2D eigenvalue weighted by atomic mass is 9.83. The van der Waals surface area contributed by atoms with Gasteiger partial charge in [-0.15, -0.1) is 0 Å². The Kier molecular flexibility index (Phi) is 8.67. The van der Waals surface area contributed by atoms with Crippen LogP contribution < -0.4 is 4.90 Å². The van der Waals surface area contributed by atoms with Crippen LogP contribution in [0.4, 0.5) is 17.1 Å². The molecule has 2 nitrogen and oxygen atoms in total. The standard InChI is InChI=1S/C60H50N2/c1-59(2,3)45-28-20-41(21-29-45)44-36-46(60(4,5)6)38-48(37-44)61(47-30-22-40(23-31-47)39-14-8-7-9-15-39)55-34-26-42-25-33-52-56(35-27-43-24-32-51(55)57(42)58(43)52)62-53-18-12-10-16-49(53)50-17-11-13-19-54(50)62/h7-38H,1-6H3. The van der Waals surface area contributed by atoms with Crippen LogP contribution in [0.3, 0.4) is 0 Å². The van der Waals surface area contributed by atoms with E-state index in [9.17, 15) is 0 Å². The summed E-state index contributed by atoms with van der Waals surface area (Å²) in [6.07, 6.45) is 0. The van der Waals surface area contributed by atoms with Gasteiger partial charge in [-0.1, -0.05) is 187 Å². The Morgan fingerprint density at radius 2 is 0.871 bits per heavy atom. The van der Waals surface area contributed by atoms with Crippen LogP contribution in [0.25, 0.3) is 82.1 Å². The quantitative estimate of drug-likeness (QED) is 0.152. The van der Waals surface area contributed by atoms with E-state index < -0.39 is 0 Å². The second-order valence-electron chi connectivity index (χ2n) is 19.1. The third-order valence-corrected chi connectivity index (χ3v) is 13.0. The van der Waals surface area contributed by atoms with E-state index in [2.05, 4.69) is 245 Å². The Bertz CT molecular complexity index is 3390. The van der Waals surface area contributed by atoms with Crippen molar-refractivity contribution in [1.29, 1.82) is 0 Å². The van der Waals surface area contributed by atoms with Crippen LogP contribution in [0, 0.1) is 0 Å². The fourth-order valence-corrected chi connectivity index (χ4v) is 9.71. The van der Waals surface area contributed by atoms with Crippen molar-refractivity contribution in [3.8, 4) is 27.9 Å². The fourth-order valence-electron chi connectivity index (χ4n) is 9.71. The average Bonchev–Trinajstić information content (AvgIpc) is 3.62. The third-order valence-electron chi connectivity index (χ3n) is 13.0. The van der Waals surface area contributed by atoms with Gasteiger partial charge in [0.1, 0.15) is 0 Å². The Balaban J connectivity index is 1.16. The predicted octanol–water partition coefficient (Wildman–Crippen LogP) is 17.1. The zero-order chi connectivity index (χ0) is 42.3. The number of fused-ring (bicyclic) bond motifs is 3. The van der Waals surface area contributed by atoms with E-state index in [1.54, 1.807) is 0 Å². The molecule has 62 heavy (non-hydrogen) atoms. The molecule has 10 aromatic carbocycles. The molecule has 0 bridgehead atoms. The summed E-state index contributed by atoms with van der Waals surface area (Å²) in [5, 5.41) is 10.1. The van der Waals surface area contributed by atoms with E-state index in [-0.39, 0.29) is 10.8 Å². The zero-order valence-corrected chi connectivity index (χ0v) is 36.4. The van der Waals surface area contributed by atoms with Crippen LogP contribution in [0.5, 0.6) is 0 Å². The molecule has 0 unspecified atom stereocenters. The van der Waals surface area contributed by atoms with Gasteiger partial charge >= 0.3 is 0 Å². The first kappa shape index (κ1) is 37.8. The lowest BCUT2D eigenvalue weighted by Gasteiger charge is -2.30. The van der Waals surface area contributed by atoms with E-state index in [4.69, 9.17) is 0 Å².